The molecule has 6 heteroatoms. The van der Waals surface area contributed by atoms with E-state index in [4.69, 9.17) is 4.74 Å². The van der Waals surface area contributed by atoms with Crippen LogP contribution in [-0.2, 0) is 4.79 Å². The lowest BCUT2D eigenvalue weighted by molar-refractivity contribution is -0.124. The summed E-state index contributed by atoms with van der Waals surface area (Å²) in [6.07, 6.45) is 8.62. The Balaban J connectivity index is 1.21. The molecule has 7 rings (SSSR count). The van der Waals surface area contributed by atoms with Gasteiger partial charge in [-0.05, 0) is 111 Å². The number of anilines is 1. The first kappa shape index (κ1) is 19.8. The Morgan fingerprint density at radius 2 is 1.62 bits per heavy atom. The number of nitrogens with zero attached hydrogens (tertiary/aromatic N) is 3. The monoisotopic (exact) mass is 430 g/mol. The molecule has 1 aromatic heterocycles. The van der Waals surface area contributed by atoms with E-state index in [1.54, 1.807) is 11.9 Å². The maximum Gasteiger partial charge on any atom is 0.224 e. The third kappa shape index (κ3) is 3.46. The quantitative estimate of drug-likeness (QED) is 0.598. The molecule has 1 heterocycles. The van der Waals surface area contributed by atoms with Gasteiger partial charge in [-0.2, -0.15) is 4.80 Å². The van der Waals surface area contributed by atoms with E-state index in [1.165, 1.54) is 38.5 Å². The molecular weight excluding hydrogens is 400 g/mol. The Hall–Kier alpha value is -2.89. The first-order chi connectivity index (χ1) is 15.5. The van der Waals surface area contributed by atoms with Gasteiger partial charge < -0.3 is 10.1 Å². The lowest BCUT2D eigenvalue weighted by Crippen LogP contribution is -2.47. The number of carbonyl (C=O) groups is 1. The largest absolute Gasteiger partial charge is 0.497 e. The Morgan fingerprint density at radius 3 is 2.22 bits per heavy atom. The second-order valence-corrected chi connectivity index (χ2v) is 10.5. The summed E-state index contributed by atoms with van der Waals surface area (Å²) in [6, 6.07) is 11.6. The van der Waals surface area contributed by atoms with Crippen molar-refractivity contribution in [1.29, 1.82) is 0 Å². The van der Waals surface area contributed by atoms with E-state index in [9.17, 15) is 4.79 Å². The van der Waals surface area contributed by atoms with Crippen molar-refractivity contribution < 1.29 is 9.53 Å². The molecule has 0 unspecified atom stereocenters. The van der Waals surface area contributed by atoms with Crippen molar-refractivity contribution in [3.8, 4) is 11.4 Å². The molecule has 4 saturated carbocycles. The van der Waals surface area contributed by atoms with E-state index in [2.05, 4.69) is 15.5 Å². The molecule has 32 heavy (non-hydrogen) atoms. The van der Waals surface area contributed by atoms with Gasteiger partial charge >= 0.3 is 0 Å². The molecule has 0 aliphatic heterocycles. The molecule has 3 aromatic rings. The van der Waals surface area contributed by atoms with Gasteiger partial charge in [-0.25, -0.2) is 0 Å². The highest BCUT2D eigenvalue weighted by atomic mass is 16.5. The van der Waals surface area contributed by atoms with Gasteiger partial charge in [0.15, 0.2) is 0 Å². The predicted molar refractivity (Wildman–Crippen MR) is 124 cm³/mol. The number of amides is 1. The molecule has 0 saturated heterocycles. The van der Waals surface area contributed by atoms with Crippen molar-refractivity contribution in [2.45, 2.75) is 51.9 Å². The fourth-order valence-electron chi connectivity index (χ4n) is 7.08. The molecule has 1 amide bonds. The van der Waals surface area contributed by atoms with Crippen LogP contribution in [0, 0.1) is 30.1 Å². The fraction of sp³-hybridized carbons (Fsp3) is 0.500. The van der Waals surface area contributed by atoms with Crippen LogP contribution in [0.4, 0.5) is 5.69 Å². The summed E-state index contributed by atoms with van der Waals surface area (Å²) in [4.78, 5) is 14.7. The number of rotatable bonds is 5. The van der Waals surface area contributed by atoms with Gasteiger partial charge in [0.05, 0.1) is 12.8 Å². The predicted octanol–water partition coefficient (Wildman–Crippen LogP) is 5.28. The van der Waals surface area contributed by atoms with Crippen LogP contribution in [-0.4, -0.2) is 28.0 Å². The summed E-state index contributed by atoms with van der Waals surface area (Å²) in [5.74, 6) is 3.53. The van der Waals surface area contributed by atoms with E-state index >= 15 is 0 Å². The number of benzene rings is 2. The van der Waals surface area contributed by atoms with Crippen LogP contribution < -0.4 is 10.1 Å². The van der Waals surface area contributed by atoms with Gasteiger partial charge in [0.25, 0.3) is 0 Å². The number of aromatic nitrogens is 3. The van der Waals surface area contributed by atoms with Crippen molar-refractivity contribution >= 4 is 22.6 Å². The molecule has 2 aromatic carbocycles. The fourth-order valence-corrected chi connectivity index (χ4v) is 7.08. The Morgan fingerprint density at radius 1 is 1.03 bits per heavy atom. The van der Waals surface area contributed by atoms with Crippen LogP contribution in [0.15, 0.2) is 36.4 Å². The minimum atomic E-state index is 0.150. The summed E-state index contributed by atoms with van der Waals surface area (Å²) < 4.78 is 5.23. The molecular formula is C26H30N4O2. The smallest absolute Gasteiger partial charge is 0.224 e. The van der Waals surface area contributed by atoms with Crippen molar-refractivity contribution in [3.05, 3.63) is 42.0 Å². The van der Waals surface area contributed by atoms with E-state index in [1.807, 2.05) is 43.3 Å². The molecule has 4 aliphatic carbocycles. The Bertz CT molecular complexity index is 1150. The van der Waals surface area contributed by atoms with Crippen molar-refractivity contribution in [2.24, 2.45) is 23.2 Å². The number of nitrogens with one attached hydrogen (secondary N) is 1. The van der Waals surface area contributed by atoms with Crippen molar-refractivity contribution in [3.63, 3.8) is 0 Å². The molecule has 4 bridgehead atoms. The van der Waals surface area contributed by atoms with Gasteiger partial charge in [-0.15, -0.1) is 10.2 Å². The lowest BCUT2D eigenvalue weighted by Gasteiger charge is -2.56. The summed E-state index contributed by atoms with van der Waals surface area (Å²) in [5, 5.41) is 12.5. The van der Waals surface area contributed by atoms with Crippen LogP contribution in [0.1, 0.15) is 50.5 Å². The van der Waals surface area contributed by atoms with Crippen molar-refractivity contribution in [1.82, 2.24) is 15.0 Å². The standard InChI is InChI=1S/C26H30N4O2/c1-16-7-23-24(29-30(28-23)20-3-5-21(32-2)6-4-20)11-22(16)27-25(31)15-26-12-17-8-18(13-26)10-19(9-17)14-26/h3-7,11,17-19H,8-10,12-15H2,1-2H3,(H,27,31). The number of carbonyl (C=O) groups excluding carboxylic acids is 1. The summed E-state index contributed by atoms with van der Waals surface area (Å²) in [7, 11) is 1.65. The van der Waals surface area contributed by atoms with Gasteiger partial charge in [0, 0.05) is 12.1 Å². The molecule has 0 atom stereocenters. The second-order valence-electron chi connectivity index (χ2n) is 10.5. The SMILES string of the molecule is COc1ccc(-n2nc3cc(C)c(NC(=O)CC45CC6CC(CC(C6)C4)C5)cc3n2)cc1. The van der Waals surface area contributed by atoms with Gasteiger partial charge in [0.1, 0.15) is 16.8 Å². The number of hydrogen-bond donors (Lipinski definition) is 1. The molecule has 0 radical (unpaired) electrons. The zero-order chi connectivity index (χ0) is 21.9. The van der Waals surface area contributed by atoms with Crippen molar-refractivity contribution in [2.75, 3.05) is 12.4 Å². The van der Waals surface area contributed by atoms with E-state index in [0.29, 0.717) is 6.42 Å². The first-order valence-corrected chi connectivity index (χ1v) is 11.8. The highest BCUT2D eigenvalue weighted by Crippen LogP contribution is 2.61. The molecule has 0 spiro atoms. The maximum absolute atomic E-state index is 13.1. The number of fused-ring (bicyclic) bond motifs is 1. The molecule has 4 aliphatic rings. The minimum Gasteiger partial charge on any atom is -0.497 e. The Kier molecular flexibility index (Phi) is 4.52. The summed E-state index contributed by atoms with van der Waals surface area (Å²) in [5.41, 5.74) is 4.56. The average Bonchev–Trinajstić information content (AvgIpc) is 3.15. The molecule has 166 valence electrons. The maximum atomic E-state index is 13.1. The third-order valence-corrected chi connectivity index (χ3v) is 8.00. The summed E-state index contributed by atoms with van der Waals surface area (Å²) in [6.45, 7) is 2.02. The molecule has 1 N–H and O–H groups in total. The van der Waals surface area contributed by atoms with Crippen LogP contribution in [0.3, 0.4) is 0 Å². The highest BCUT2D eigenvalue weighted by molar-refractivity contribution is 5.94. The van der Waals surface area contributed by atoms with Gasteiger partial charge in [0.2, 0.25) is 5.91 Å². The zero-order valence-corrected chi connectivity index (χ0v) is 18.8. The van der Waals surface area contributed by atoms with E-state index < -0.39 is 0 Å². The normalized spacial score (nSPS) is 28.2. The number of methoxy groups -OCH3 is 1. The van der Waals surface area contributed by atoms with Crippen LogP contribution >= 0.6 is 0 Å². The zero-order valence-electron chi connectivity index (χ0n) is 18.8. The number of hydrogen-bond acceptors (Lipinski definition) is 4. The molecule has 4 fully saturated rings. The highest BCUT2D eigenvalue weighted by Gasteiger charge is 2.51. The van der Waals surface area contributed by atoms with E-state index in [-0.39, 0.29) is 11.3 Å². The topological polar surface area (TPSA) is 69.0 Å². The van der Waals surface area contributed by atoms with E-state index in [0.717, 1.165) is 51.5 Å². The lowest BCUT2D eigenvalue weighted by atomic mass is 9.49. The van der Waals surface area contributed by atoms with Gasteiger partial charge in [-0.3, -0.25) is 4.79 Å². The number of ether oxygens (including phenoxy) is 1. The van der Waals surface area contributed by atoms with Crippen LogP contribution in [0.5, 0.6) is 5.75 Å². The second kappa shape index (κ2) is 7.32. The van der Waals surface area contributed by atoms with Gasteiger partial charge in [-0.1, -0.05) is 0 Å². The summed E-state index contributed by atoms with van der Waals surface area (Å²) >= 11 is 0. The Labute approximate surface area is 188 Å². The average molecular weight is 431 g/mol. The number of aryl methyl sites for hydroxylation is 1. The van der Waals surface area contributed by atoms with Crippen LogP contribution in [0.25, 0.3) is 16.7 Å². The third-order valence-electron chi connectivity index (χ3n) is 8.00. The molecule has 6 nitrogen and oxygen atoms in total. The minimum absolute atomic E-state index is 0.150. The van der Waals surface area contributed by atoms with Crippen LogP contribution in [0.2, 0.25) is 0 Å². The first-order valence-electron chi connectivity index (χ1n) is 11.8.